The zero-order chi connectivity index (χ0) is 28.4. The Balaban J connectivity index is 1.26. The van der Waals surface area contributed by atoms with Crippen molar-refractivity contribution in [3.63, 3.8) is 0 Å². The van der Waals surface area contributed by atoms with Gasteiger partial charge in [-0.25, -0.2) is 9.59 Å². The quantitative estimate of drug-likeness (QED) is 0.295. The highest BCUT2D eigenvalue weighted by atomic mass is 16.6. The van der Waals surface area contributed by atoms with Gasteiger partial charge in [0.15, 0.2) is 0 Å². The molecule has 4 aromatic rings. The van der Waals surface area contributed by atoms with E-state index in [1.54, 1.807) is 6.20 Å². The largest absolute Gasteiger partial charge is 0.480 e. The minimum atomic E-state index is -1.11. The first-order valence-corrected chi connectivity index (χ1v) is 13.3. The molecular weight excluding hydrogens is 508 g/mol. The lowest BCUT2D eigenvalue weighted by Gasteiger charge is -2.22. The van der Waals surface area contributed by atoms with Crippen LogP contribution in [-0.4, -0.2) is 58.0 Å². The van der Waals surface area contributed by atoms with Gasteiger partial charge in [0.05, 0.1) is 5.52 Å². The van der Waals surface area contributed by atoms with E-state index in [-0.39, 0.29) is 19.1 Å². The molecule has 1 amide bonds. The zero-order valence-corrected chi connectivity index (χ0v) is 22.8. The van der Waals surface area contributed by atoms with Crippen molar-refractivity contribution in [3.8, 4) is 11.1 Å². The molecule has 3 aromatic carbocycles. The fraction of sp³-hybridized carbons (Fsp3) is 0.281. The number of fused-ring (bicyclic) bond motifs is 4. The third-order valence-corrected chi connectivity index (χ3v) is 6.94. The van der Waals surface area contributed by atoms with Gasteiger partial charge in [-0.15, -0.1) is 0 Å². The van der Waals surface area contributed by atoms with Crippen molar-refractivity contribution in [1.29, 1.82) is 0 Å². The molecule has 0 aliphatic heterocycles. The number of amides is 1. The molecule has 1 aliphatic carbocycles. The Morgan fingerprint density at radius 3 is 2.20 bits per heavy atom. The van der Waals surface area contributed by atoms with E-state index in [0.29, 0.717) is 11.9 Å². The number of carboxylic acid groups (broad SMARTS) is 1. The third-order valence-electron chi connectivity index (χ3n) is 6.94. The maximum absolute atomic E-state index is 13.1. The summed E-state index contributed by atoms with van der Waals surface area (Å²) in [6, 6.07) is 23.5. The Morgan fingerprint density at radius 1 is 0.925 bits per heavy atom. The molecule has 0 bridgehead atoms. The highest BCUT2D eigenvalue weighted by Gasteiger charge is 2.30. The average Bonchev–Trinajstić information content (AvgIpc) is 3.47. The number of aromatic nitrogens is 1. The first kappa shape index (κ1) is 27.0. The van der Waals surface area contributed by atoms with Crippen LogP contribution >= 0.6 is 0 Å². The van der Waals surface area contributed by atoms with Crippen LogP contribution in [0.3, 0.4) is 0 Å². The predicted molar refractivity (Wildman–Crippen MR) is 152 cm³/mol. The van der Waals surface area contributed by atoms with Crippen LogP contribution in [-0.2, 0) is 20.7 Å². The van der Waals surface area contributed by atoms with E-state index in [4.69, 9.17) is 9.47 Å². The molecule has 0 atom stereocenters. The SMILES string of the molecule is CC(C)(C)OC(=O)n1ccc2cc(CCN(CC(=O)O)C(=O)OCC3c4ccccc4-c4ccccc43)ccc21. The number of ether oxygens (including phenoxy) is 2. The van der Waals surface area contributed by atoms with E-state index in [9.17, 15) is 19.5 Å². The molecule has 1 heterocycles. The zero-order valence-electron chi connectivity index (χ0n) is 22.8. The van der Waals surface area contributed by atoms with Crippen LogP contribution in [0.25, 0.3) is 22.0 Å². The number of carbonyl (C=O) groups excluding carboxylic acids is 2. The molecule has 5 rings (SSSR count). The van der Waals surface area contributed by atoms with E-state index in [1.807, 2.05) is 81.4 Å². The summed E-state index contributed by atoms with van der Waals surface area (Å²) in [6.45, 7) is 5.26. The molecule has 1 aliphatic rings. The summed E-state index contributed by atoms with van der Waals surface area (Å²) in [5.74, 6) is -1.22. The van der Waals surface area contributed by atoms with Crippen molar-refractivity contribution in [2.45, 2.75) is 38.7 Å². The number of carbonyl (C=O) groups is 3. The van der Waals surface area contributed by atoms with Crippen LogP contribution < -0.4 is 0 Å². The number of carboxylic acids is 1. The summed E-state index contributed by atoms with van der Waals surface area (Å²) in [6.07, 6.45) is 0.959. The van der Waals surface area contributed by atoms with Gasteiger partial charge in [-0.05, 0) is 73.2 Å². The summed E-state index contributed by atoms with van der Waals surface area (Å²) in [4.78, 5) is 38.4. The van der Waals surface area contributed by atoms with Gasteiger partial charge in [0.2, 0.25) is 0 Å². The number of rotatable bonds is 7. The Kier molecular flexibility index (Phi) is 7.34. The maximum atomic E-state index is 13.1. The van der Waals surface area contributed by atoms with Crippen molar-refractivity contribution >= 4 is 29.1 Å². The van der Waals surface area contributed by atoms with E-state index in [1.165, 1.54) is 9.47 Å². The molecule has 0 radical (unpaired) electrons. The van der Waals surface area contributed by atoms with Crippen molar-refractivity contribution < 1.29 is 29.0 Å². The molecule has 0 saturated heterocycles. The second kappa shape index (κ2) is 10.9. The smallest absolute Gasteiger partial charge is 0.418 e. The summed E-state index contributed by atoms with van der Waals surface area (Å²) in [7, 11) is 0. The van der Waals surface area contributed by atoms with E-state index in [2.05, 4.69) is 12.1 Å². The summed E-state index contributed by atoms with van der Waals surface area (Å²) in [5, 5.41) is 10.3. The monoisotopic (exact) mass is 540 g/mol. The van der Waals surface area contributed by atoms with Gasteiger partial charge in [0.25, 0.3) is 0 Å². The van der Waals surface area contributed by atoms with Crippen LogP contribution in [0.15, 0.2) is 79.0 Å². The van der Waals surface area contributed by atoms with Crippen LogP contribution in [0.2, 0.25) is 0 Å². The fourth-order valence-electron chi connectivity index (χ4n) is 5.17. The molecular formula is C32H32N2O6. The normalized spacial score (nSPS) is 12.6. The third kappa shape index (κ3) is 5.71. The van der Waals surface area contributed by atoms with Crippen LogP contribution in [0.1, 0.15) is 43.4 Å². The maximum Gasteiger partial charge on any atom is 0.418 e. The minimum absolute atomic E-state index is 0.112. The van der Waals surface area contributed by atoms with Crippen molar-refractivity contribution in [2.24, 2.45) is 0 Å². The van der Waals surface area contributed by atoms with Gasteiger partial charge in [0.1, 0.15) is 18.8 Å². The minimum Gasteiger partial charge on any atom is -0.480 e. The molecule has 1 aromatic heterocycles. The average molecular weight is 541 g/mol. The van der Waals surface area contributed by atoms with Gasteiger partial charge >= 0.3 is 18.2 Å². The van der Waals surface area contributed by atoms with Crippen LogP contribution in [0.5, 0.6) is 0 Å². The lowest BCUT2D eigenvalue weighted by molar-refractivity contribution is -0.138. The molecule has 40 heavy (non-hydrogen) atoms. The Labute approximate surface area is 232 Å². The molecule has 0 saturated carbocycles. The van der Waals surface area contributed by atoms with Crippen molar-refractivity contribution in [3.05, 3.63) is 95.7 Å². The number of hydrogen-bond donors (Lipinski definition) is 1. The van der Waals surface area contributed by atoms with E-state index < -0.39 is 30.3 Å². The van der Waals surface area contributed by atoms with Gasteiger partial charge in [-0.2, -0.15) is 0 Å². The van der Waals surface area contributed by atoms with Gasteiger partial charge in [-0.1, -0.05) is 54.6 Å². The van der Waals surface area contributed by atoms with Gasteiger partial charge in [0, 0.05) is 24.0 Å². The predicted octanol–water partition coefficient (Wildman–Crippen LogP) is 6.30. The van der Waals surface area contributed by atoms with E-state index >= 15 is 0 Å². The number of nitrogens with zero attached hydrogens (tertiary/aromatic N) is 2. The second-order valence-electron chi connectivity index (χ2n) is 10.9. The first-order valence-electron chi connectivity index (χ1n) is 13.3. The van der Waals surface area contributed by atoms with Crippen molar-refractivity contribution in [2.75, 3.05) is 19.7 Å². The molecule has 0 fully saturated rings. The standard InChI is InChI=1S/C32H32N2O6/c1-32(2,3)40-31(38)34-17-15-22-18-21(12-13-28(22)34)14-16-33(19-29(35)36)30(37)39-20-27-25-10-6-4-8-23(25)24-9-5-7-11-26(24)27/h4-13,15,17-18,27H,14,16,19-20H2,1-3H3,(H,35,36). The fourth-order valence-corrected chi connectivity index (χ4v) is 5.17. The van der Waals surface area contributed by atoms with Gasteiger partial charge < -0.3 is 14.6 Å². The molecule has 0 unspecified atom stereocenters. The lowest BCUT2D eigenvalue weighted by Crippen LogP contribution is -2.38. The first-order chi connectivity index (χ1) is 19.1. The Hall–Kier alpha value is -4.59. The summed E-state index contributed by atoms with van der Waals surface area (Å²) in [5.41, 5.74) is 5.42. The molecule has 8 nitrogen and oxygen atoms in total. The highest BCUT2D eigenvalue weighted by molar-refractivity contribution is 5.90. The molecule has 1 N–H and O–H groups in total. The lowest BCUT2D eigenvalue weighted by atomic mass is 9.98. The van der Waals surface area contributed by atoms with Crippen LogP contribution in [0, 0.1) is 0 Å². The topological polar surface area (TPSA) is 98.1 Å². The summed E-state index contributed by atoms with van der Waals surface area (Å²) >= 11 is 0. The Bertz CT molecular complexity index is 1540. The van der Waals surface area contributed by atoms with E-state index in [0.717, 1.165) is 33.2 Å². The second-order valence-corrected chi connectivity index (χ2v) is 10.9. The highest BCUT2D eigenvalue weighted by Crippen LogP contribution is 2.44. The molecule has 206 valence electrons. The number of benzene rings is 3. The van der Waals surface area contributed by atoms with Crippen LogP contribution in [0.4, 0.5) is 9.59 Å². The van der Waals surface area contributed by atoms with Crippen molar-refractivity contribution in [1.82, 2.24) is 9.47 Å². The number of aliphatic carboxylic acids is 1. The van der Waals surface area contributed by atoms with Gasteiger partial charge in [-0.3, -0.25) is 14.3 Å². The summed E-state index contributed by atoms with van der Waals surface area (Å²) < 4.78 is 12.6. The molecule has 8 heteroatoms. The molecule has 0 spiro atoms. The number of hydrogen-bond acceptors (Lipinski definition) is 5. The Morgan fingerprint density at radius 2 is 1.57 bits per heavy atom.